The fourth-order valence-corrected chi connectivity index (χ4v) is 3.16. The molecule has 4 nitrogen and oxygen atoms in total. The summed E-state index contributed by atoms with van der Waals surface area (Å²) in [4.78, 5) is 15.2. The first-order valence-electron chi connectivity index (χ1n) is 7.51. The molecule has 1 aromatic heterocycles. The van der Waals surface area contributed by atoms with Crippen molar-refractivity contribution in [2.75, 3.05) is 13.2 Å². The van der Waals surface area contributed by atoms with Gasteiger partial charge in [0.25, 0.3) is 0 Å². The number of hydrogen-bond donors (Lipinski definition) is 0. The third kappa shape index (κ3) is 4.71. The number of thiophene rings is 1. The molecule has 1 aliphatic heterocycles. The average molecular weight is 311 g/mol. The van der Waals surface area contributed by atoms with Crippen LogP contribution < -0.4 is 0 Å². The number of ether oxygens (including phenoxy) is 2. The van der Waals surface area contributed by atoms with Crippen LogP contribution in [0.3, 0.4) is 0 Å². The van der Waals surface area contributed by atoms with E-state index in [2.05, 4.69) is 18.4 Å². The van der Waals surface area contributed by atoms with Gasteiger partial charge < -0.3 is 14.4 Å². The second-order valence-corrected chi connectivity index (χ2v) is 7.44. The van der Waals surface area contributed by atoms with Crippen molar-refractivity contribution >= 4 is 17.4 Å². The summed E-state index contributed by atoms with van der Waals surface area (Å²) in [5.74, 6) is 0. The van der Waals surface area contributed by atoms with Gasteiger partial charge in [-0.15, -0.1) is 11.3 Å². The minimum Gasteiger partial charge on any atom is -0.444 e. The van der Waals surface area contributed by atoms with Crippen LogP contribution in [0.5, 0.6) is 0 Å². The molecule has 21 heavy (non-hydrogen) atoms. The van der Waals surface area contributed by atoms with E-state index in [4.69, 9.17) is 9.47 Å². The number of carbonyl (C=O) groups excluding carboxylic acids is 1. The van der Waals surface area contributed by atoms with Gasteiger partial charge in [-0.3, -0.25) is 0 Å². The van der Waals surface area contributed by atoms with E-state index in [9.17, 15) is 4.79 Å². The van der Waals surface area contributed by atoms with Gasteiger partial charge in [0.1, 0.15) is 5.60 Å². The summed E-state index contributed by atoms with van der Waals surface area (Å²) in [6.07, 6.45) is 1.85. The lowest BCUT2D eigenvalue weighted by atomic mass is 10.2. The SMILES string of the molecule is C[C@H](OC[C@H]1CCCN1C(=O)OC(C)(C)C)c1cccs1. The highest BCUT2D eigenvalue weighted by Gasteiger charge is 2.32. The lowest BCUT2D eigenvalue weighted by Crippen LogP contribution is -2.41. The second-order valence-electron chi connectivity index (χ2n) is 6.46. The summed E-state index contributed by atoms with van der Waals surface area (Å²) in [6.45, 7) is 9.06. The predicted octanol–water partition coefficient (Wildman–Crippen LogP) is 4.23. The van der Waals surface area contributed by atoms with E-state index >= 15 is 0 Å². The molecule has 1 aromatic rings. The fourth-order valence-electron chi connectivity index (χ4n) is 2.43. The molecule has 2 atom stereocenters. The van der Waals surface area contributed by atoms with Gasteiger partial charge in [-0.2, -0.15) is 0 Å². The van der Waals surface area contributed by atoms with Crippen LogP contribution in [0.25, 0.3) is 0 Å². The summed E-state index contributed by atoms with van der Waals surface area (Å²) in [5.41, 5.74) is -0.449. The molecule has 0 aliphatic carbocycles. The van der Waals surface area contributed by atoms with Crippen molar-refractivity contribution in [2.45, 2.75) is 58.3 Å². The van der Waals surface area contributed by atoms with E-state index in [-0.39, 0.29) is 18.2 Å². The molecule has 0 saturated carbocycles. The molecule has 1 aliphatic rings. The van der Waals surface area contributed by atoms with Crippen LogP contribution in [0.15, 0.2) is 17.5 Å². The van der Waals surface area contributed by atoms with Crippen molar-refractivity contribution in [1.82, 2.24) is 4.90 Å². The Hall–Kier alpha value is -1.07. The highest BCUT2D eigenvalue weighted by molar-refractivity contribution is 7.10. The molecule has 1 fully saturated rings. The molecule has 1 amide bonds. The highest BCUT2D eigenvalue weighted by Crippen LogP contribution is 2.25. The summed E-state index contributed by atoms with van der Waals surface area (Å²) in [6, 6.07) is 4.24. The molecule has 118 valence electrons. The van der Waals surface area contributed by atoms with Crippen LogP contribution in [0.2, 0.25) is 0 Å². The maximum atomic E-state index is 12.2. The van der Waals surface area contributed by atoms with E-state index in [0.29, 0.717) is 6.61 Å². The zero-order chi connectivity index (χ0) is 15.5. The van der Waals surface area contributed by atoms with Crippen LogP contribution in [0.4, 0.5) is 4.79 Å². The Bertz CT molecular complexity index is 453. The van der Waals surface area contributed by atoms with Crippen LogP contribution in [-0.2, 0) is 9.47 Å². The third-order valence-electron chi connectivity index (χ3n) is 3.49. The fraction of sp³-hybridized carbons (Fsp3) is 0.688. The third-order valence-corrected chi connectivity index (χ3v) is 4.52. The lowest BCUT2D eigenvalue weighted by molar-refractivity contribution is -0.00109. The monoisotopic (exact) mass is 311 g/mol. The minimum atomic E-state index is -0.449. The van der Waals surface area contributed by atoms with Gasteiger partial charge in [0, 0.05) is 11.4 Å². The molecular formula is C16H25NO3S. The van der Waals surface area contributed by atoms with Gasteiger partial charge in [0.2, 0.25) is 0 Å². The quantitative estimate of drug-likeness (QED) is 0.835. The van der Waals surface area contributed by atoms with E-state index in [1.54, 1.807) is 11.3 Å². The Kier molecular flexibility index (Phi) is 5.27. The number of nitrogens with zero attached hydrogens (tertiary/aromatic N) is 1. The number of carbonyl (C=O) groups is 1. The predicted molar refractivity (Wildman–Crippen MR) is 84.6 cm³/mol. The van der Waals surface area contributed by atoms with Crippen molar-refractivity contribution in [3.05, 3.63) is 22.4 Å². The first-order valence-corrected chi connectivity index (χ1v) is 8.39. The van der Waals surface area contributed by atoms with Crippen LogP contribution in [-0.4, -0.2) is 35.8 Å². The molecule has 0 unspecified atom stereocenters. The molecule has 2 rings (SSSR count). The number of likely N-dealkylation sites (tertiary alicyclic amines) is 1. The van der Waals surface area contributed by atoms with Crippen molar-refractivity contribution in [2.24, 2.45) is 0 Å². The lowest BCUT2D eigenvalue weighted by Gasteiger charge is -2.29. The maximum absolute atomic E-state index is 12.2. The molecule has 0 spiro atoms. The van der Waals surface area contributed by atoms with E-state index < -0.39 is 5.60 Å². The summed E-state index contributed by atoms with van der Waals surface area (Å²) >= 11 is 1.70. The Balaban J connectivity index is 1.86. The second kappa shape index (κ2) is 6.79. The molecule has 0 bridgehead atoms. The highest BCUT2D eigenvalue weighted by atomic mass is 32.1. The van der Waals surface area contributed by atoms with Gasteiger partial charge >= 0.3 is 6.09 Å². The van der Waals surface area contributed by atoms with Crippen LogP contribution in [0.1, 0.15) is 51.5 Å². The molecular weight excluding hydrogens is 286 g/mol. The largest absolute Gasteiger partial charge is 0.444 e. The summed E-state index contributed by atoms with van der Waals surface area (Å²) < 4.78 is 11.4. The van der Waals surface area contributed by atoms with Gasteiger partial charge in [-0.1, -0.05) is 6.07 Å². The zero-order valence-corrected chi connectivity index (χ0v) is 14.1. The molecule has 0 N–H and O–H groups in total. The molecule has 0 radical (unpaired) electrons. The number of rotatable bonds is 4. The normalized spacial score (nSPS) is 20.6. The standard InChI is InChI=1S/C16H25NO3S/c1-12(14-8-6-10-21-14)19-11-13-7-5-9-17(13)15(18)20-16(2,3)4/h6,8,10,12-13H,5,7,9,11H2,1-4H3/t12-,13+/m0/s1. The first-order chi connectivity index (χ1) is 9.87. The maximum Gasteiger partial charge on any atom is 0.410 e. The Morgan fingerprint density at radius 1 is 1.52 bits per heavy atom. The van der Waals surface area contributed by atoms with Gasteiger partial charge in [-0.25, -0.2) is 4.79 Å². The number of hydrogen-bond acceptors (Lipinski definition) is 4. The molecule has 0 aromatic carbocycles. The van der Waals surface area contributed by atoms with E-state index in [0.717, 1.165) is 19.4 Å². The average Bonchev–Trinajstić information content (AvgIpc) is 3.04. The zero-order valence-electron chi connectivity index (χ0n) is 13.3. The summed E-state index contributed by atoms with van der Waals surface area (Å²) in [5, 5.41) is 2.05. The van der Waals surface area contributed by atoms with Crippen LogP contribution in [0, 0.1) is 0 Å². The summed E-state index contributed by atoms with van der Waals surface area (Å²) in [7, 11) is 0. The first kappa shape index (κ1) is 16.3. The van der Waals surface area contributed by atoms with Crippen LogP contribution >= 0.6 is 11.3 Å². The van der Waals surface area contributed by atoms with Gasteiger partial charge in [0.05, 0.1) is 18.8 Å². The molecule has 1 saturated heterocycles. The molecule has 2 heterocycles. The van der Waals surface area contributed by atoms with Gasteiger partial charge in [0.15, 0.2) is 0 Å². The molecule has 5 heteroatoms. The van der Waals surface area contributed by atoms with Crippen molar-refractivity contribution in [3.8, 4) is 0 Å². The van der Waals surface area contributed by atoms with E-state index in [1.807, 2.05) is 31.7 Å². The Labute approximate surface area is 131 Å². The van der Waals surface area contributed by atoms with Gasteiger partial charge in [-0.05, 0) is 52.0 Å². The van der Waals surface area contributed by atoms with Crippen molar-refractivity contribution in [3.63, 3.8) is 0 Å². The Morgan fingerprint density at radius 3 is 2.90 bits per heavy atom. The smallest absolute Gasteiger partial charge is 0.410 e. The van der Waals surface area contributed by atoms with Crippen molar-refractivity contribution in [1.29, 1.82) is 0 Å². The Morgan fingerprint density at radius 2 is 2.29 bits per heavy atom. The van der Waals surface area contributed by atoms with Crippen molar-refractivity contribution < 1.29 is 14.3 Å². The number of amides is 1. The minimum absolute atomic E-state index is 0.0751. The topological polar surface area (TPSA) is 38.8 Å². The van der Waals surface area contributed by atoms with E-state index in [1.165, 1.54) is 4.88 Å².